The van der Waals surface area contributed by atoms with Gasteiger partial charge in [0.2, 0.25) is 11.8 Å². The molecule has 2 N–H and O–H groups in total. The lowest BCUT2D eigenvalue weighted by molar-refractivity contribution is -0.131. The smallest absolute Gasteiger partial charge is 0.227 e. The zero-order chi connectivity index (χ0) is 21.1. The van der Waals surface area contributed by atoms with Gasteiger partial charge in [0.05, 0.1) is 11.8 Å². The van der Waals surface area contributed by atoms with Gasteiger partial charge < -0.3 is 10.6 Å². The molecule has 1 fully saturated rings. The van der Waals surface area contributed by atoms with Gasteiger partial charge in [-0.15, -0.1) is 11.3 Å². The lowest BCUT2D eigenvalue weighted by Crippen LogP contribution is -2.42. The van der Waals surface area contributed by atoms with Gasteiger partial charge in [0, 0.05) is 18.0 Å². The average molecular weight is 419 g/mol. The Labute approximate surface area is 181 Å². The first-order valence-corrected chi connectivity index (χ1v) is 11.1. The predicted molar refractivity (Wildman–Crippen MR) is 121 cm³/mol. The molecule has 2 aromatic carbocycles. The quantitative estimate of drug-likeness (QED) is 0.652. The summed E-state index contributed by atoms with van der Waals surface area (Å²) >= 11 is 1.68. The first-order chi connectivity index (χ1) is 14.5. The fraction of sp³-hybridized carbons (Fsp3) is 0.280. The summed E-state index contributed by atoms with van der Waals surface area (Å²) in [6.45, 7) is 2.97. The Balaban J connectivity index is 1.54. The molecule has 1 aliphatic rings. The van der Waals surface area contributed by atoms with Gasteiger partial charge in [-0.05, 0) is 47.9 Å². The zero-order valence-corrected chi connectivity index (χ0v) is 18.0. The number of aryl methyl sites for hydroxylation is 1. The van der Waals surface area contributed by atoms with Crippen molar-refractivity contribution >= 4 is 23.2 Å². The van der Waals surface area contributed by atoms with Gasteiger partial charge in [0.25, 0.3) is 0 Å². The van der Waals surface area contributed by atoms with Crippen LogP contribution in [-0.2, 0) is 22.4 Å². The number of primary amides is 1. The summed E-state index contributed by atoms with van der Waals surface area (Å²) in [5, 5.41) is 2.05. The second-order valence-electron chi connectivity index (χ2n) is 8.19. The highest BCUT2D eigenvalue weighted by atomic mass is 32.1. The van der Waals surface area contributed by atoms with Crippen molar-refractivity contribution in [2.45, 2.75) is 26.2 Å². The normalized spacial score (nSPS) is 18.5. The molecule has 4 rings (SSSR count). The van der Waals surface area contributed by atoms with Crippen LogP contribution in [0.15, 0.2) is 66.0 Å². The van der Waals surface area contributed by atoms with E-state index in [2.05, 4.69) is 23.6 Å². The lowest BCUT2D eigenvalue weighted by atomic mass is 9.79. The highest BCUT2D eigenvalue weighted by Gasteiger charge is 2.45. The standard InChI is InChI=1S/C25H26N2O2S/c1-18-6-4-7-19(14-18)15-23(28)27-12-11-25(17-27,24(26)29)16-20-8-2-3-9-21(20)22-10-5-13-30-22/h2-10,13-14H,11-12,15-17H2,1H3,(H2,26,29). The Hall–Kier alpha value is -2.92. The molecule has 1 atom stereocenters. The maximum atomic E-state index is 12.9. The van der Waals surface area contributed by atoms with E-state index in [-0.39, 0.29) is 11.8 Å². The molecule has 30 heavy (non-hydrogen) atoms. The van der Waals surface area contributed by atoms with E-state index in [1.165, 1.54) is 4.88 Å². The van der Waals surface area contributed by atoms with Crippen LogP contribution in [0.3, 0.4) is 0 Å². The topological polar surface area (TPSA) is 63.4 Å². The van der Waals surface area contributed by atoms with Crippen LogP contribution in [0.4, 0.5) is 0 Å². The minimum atomic E-state index is -0.727. The van der Waals surface area contributed by atoms with Gasteiger partial charge in [-0.3, -0.25) is 9.59 Å². The first-order valence-electron chi connectivity index (χ1n) is 10.2. The molecule has 2 heterocycles. The number of nitrogens with zero attached hydrogens (tertiary/aromatic N) is 1. The number of thiophene rings is 1. The lowest BCUT2D eigenvalue weighted by Gasteiger charge is -2.27. The summed E-state index contributed by atoms with van der Waals surface area (Å²) in [5.41, 5.74) is 9.56. The molecule has 5 heteroatoms. The SMILES string of the molecule is Cc1cccc(CC(=O)N2CCC(Cc3ccccc3-c3cccs3)(C(N)=O)C2)c1. The zero-order valence-electron chi connectivity index (χ0n) is 17.1. The van der Waals surface area contributed by atoms with Gasteiger partial charge in [0.15, 0.2) is 0 Å². The summed E-state index contributed by atoms with van der Waals surface area (Å²) in [4.78, 5) is 28.5. The van der Waals surface area contributed by atoms with Gasteiger partial charge in [-0.1, -0.05) is 60.2 Å². The highest BCUT2D eigenvalue weighted by molar-refractivity contribution is 7.13. The maximum absolute atomic E-state index is 12.9. The number of carbonyl (C=O) groups is 2. The molecule has 0 saturated carbocycles. The van der Waals surface area contributed by atoms with E-state index in [1.807, 2.05) is 49.4 Å². The van der Waals surface area contributed by atoms with E-state index in [1.54, 1.807) is 16.2 Å². The Kier molecular flexibility index (Phi) is 5.73. The van der Waals surface area contributed by atoms with Gasteiger partial charge in [-0.25, -0.2) is 0 Å². The van der Waals surface area contributed by atoms with Crippen molar-refractivity contribution in [3.8, 4) is 10.4 Å². The van der Waals surface area contributed by atoms with E-state index >= 15 is 0 Å². The number of nitrogens with two attached hydrogens (primary N) is 1. The fourth-order valence-corrected chi connectivity index (χ4v) is 5.12. The molecule has 1 aliphatic heterocycles. The molecule has 1 saturated heterocycles. The molecule has 3 aromatic rings. The molecule has 154 valence electrons. The Morgan fingerprint density at radius 1 is 1.10 bits per heavy atom. The van der Waals surface area contributed by atoms with Crippen LogP contribution in [0.1, 0.15) is 23.1 Å². The molecule has 0 spiro atoms. The molecule has 1 unspecified atom stereocenters. The molecular formula is C25H26N2O2S. The number of carbonyl (C=O) groups excluding carboxylic acids is 2. The molecular weight excluding hydrogens is 392 g/mol. The second-order valence-corrected chi connectivity index (χ2v) is 9.13. The number of benzene rings is 2. The van der Waals surface area contributed by atoms with Crippen molar-refractivity contribution in [1.82, 2.24) is 4.90 Å². The summed E-state index contributed by atoms with van der Waals surface area (Å²) in [7, 11) is 0. The Morgan fingerprint density at radius 2 is 1.93 bits per heavy atom. The van der Waals surface area contributed by atoms with Gasteiger partial charge in [0.1, 0.15) is 0 Å². The minimum absolute atomic E-state index is 0.0512. The number of rotatable bonds is 6. The largest absolute Gasteiger partial charge is 0.369 e. The van der Waals surface area contributed by atoms with Crippen molar-refractivity contribution in [3.63, 3.8) is 0 Å². The van der Waals surface area contributed by atoms with Crippen LogP contribution in [-0.4, -0.2) is 29.8 Å². The van der Waals surface area contributed by atoms with E-state index in [9.17, 15) is 9.59 Å². The second kappa shape index (κ2) is 8.44. The first kappa shape index (κ1) is 20.4. The van der Waals surface area contributed by atoms with Crippen LogP contribution < -0.4 is 5.73 Å². The van der Waals surface area contributed by atoms with Crippen LogP contribution in [0.5, 0.6) is 0 Å². The molecule has 0 radical (unpaired) electrons. The van der Waals surface area contributed by atoms with Crippen LogP contribution in [0.25, 0.3) is 10.4 Å². The number of amides is 2. The molecule has 0 aliphatic carbocycles. The van der Waals surface area contributed by atoms with Crippen molar-refractivity contribution in [3.05, 3.63) is 82.7 Å². The highest BCUT2D eigenvalue weighted by Crippen LogP contribution is 2.38. The summed E-state index contributed by atoms with van der Waals surface area (Å²) < 4.78 is 0. The molecule has 0 bridgehead atoms. The van der Waals surface area contributed by atoms with Crippen LogP contribution >= 0.6 is 11.3 Å². The van der Waals surface area contributed by atoms with Crippen molar-refractivity contribution in [1.29, 1.82) is 0 Å². The Morgan fingerprint density at radius 3 is 2.67 bits per heavy atom. The third-order valence-corrected chi connectivity index (χ3v) is 6.90. The molecule has 1 aromatic heterocycles. The maximum Gasteiger partial charge on any atom is 0.227 e. The average Bonchev–Trinajstić information content (AvgIpc) is 3.39. The number of hydrogen-bond donors (Lipinski definition) is 1. The predicted octanol–water partition coefficient (Wildman–Crippen LogP) is 4.21. The summed E-state index contributed by atoms with van der Waals surface area (Å²) in [6, 6.07) is 20.3. The van der Waals surface area contributed by atoms with E-state index in [0.717, 1.165) is 22.3 Å². The van der Waals surface area contributed by atoms with E-state index < -0.39 is 5.41 Å². The minimum Gasteiger partial charge on any atom is -0.369 e. The van der Waals surface area contributed by atoms with Crippen molar-refractivity contribution < 1.29 is 9.59 Å². The van der Waals surface area contributed by atoms with Crippen molar-refractivity contribution in [2.75, 3.05) is 13.1 Å². The summed E-state index contributed by atoms with van der Waals surface area (Å²) in [5.74, 6) is -0.274. The van der Waals surface area contributed by atoms with Crippen LogP contribution in [0.2, 0.25) is 0 Å². The monoisotopic (exact) mass is 418 g/mol. The van der Waals surface area contributed by atoms with E-state index in [0.29, 0.717) is 32.4 Å². The van der Waals surface area contributed by atoms with Crippen LogP contribution in [0, 0.1) is 12.3 Å². The van der Waals surface area contributed by atoms with Gasteiger partial charge >= 0.3 is 0 Å². The third-order valence-electron chi connectivity index (χ3n) is 6.00. The summed E-state index contributed by atoms with van der Waals surface area (Å²) in [6.07, 6.45) is 1.49. The molecule has 4 nitrogen and oxygen atoms in total. The molecule has 2 amide bonds. The van der Waals surface area contributed by atoms with E-state index in [4.69, 9.17) is 5.73 Å². The Bertz CT molecular complexity index is 1060. The van der Waals surface area contributed by atoms with Gasteiger partial charge in [-0.2, -0.15) is 0 Å². The third kappa shape index (κ3) is 4.17. The number of likely N-dealkylation sites (tertiary alicyclic amines) is 1. The fourth-order valence-electron chi connectivity index (χ4n) is 4.34. The number of hydrogen-bond acceptors (Lipinski definition) is 3. The van der Waals surface area contributed by atoms with Crippen molar-refractivity contribution in [2.24, 2.45) is 11.1 Å².